The Bertz CT molecular complexity index is 472. The minimum Gasteiger partial charge on any atom is -0.469 e. The molecule has 0 fully saturated rings. The molecule has 1 N–H and O–H groups in total. The Morgan fingerprint density at radius 1 is 1.22 bits per heavy atom. The minimum absolute atomic E-state index is 0.0989. The predicted octanol–water partition coefficient (Wildman–Crippen LogP) is 2.65. The van der Waals surface area contributed by atoms with E-state index in [2.05, 4.69) is 11.7 Å². The molecule has 1 aromatic carbocycles. The van der Waals surface area contributed by atoms with Gasteiger partial charge in [-0.2, -0.15) is 0 Å². The van der Waals surface area contributed by atoms with Gasteiger partial charge in [-0.25, -0.2) is 0 Å². The summed E-state index contributed by atoms with van der Waals surface area (Å²) in [4.78, 5) is 22.9. The standard InChI is InChI=1S/C18H26O5/c1-3-4-10-17(23-13-14-8-6-5-7-9-14)16(20)11-15(19)12-18(21)22-2/h5-9,16-17,20H,3-4,10-13H2,1-2H3/t16-,17-/m0/s1. The highest BCUT2D eigenvalue weighted by molar-refractivity contribution is 5.95. The number of carbonyl (C=O) groups is 2. The summed E-state index contributed by atoms with van der Waals surface area (Å²) in [5, 5.41) is 10.3. The fraction of sp³-hybridized carbons (Fsp3) is 0.556. The molecule has 0 aliphatic carbocycles. The van der Waals surface area contributed by atoms with Crippen LogP contribution in [0.3, 0.4) is 0 Å². The van der Waals surface area contributed by atoms with Crippen LogP contribution in [0, 0.1) is 0 Å². The number of hydrogen-bond donors (Lipinski definition) is 1. The summed E-state index contributed by atoms with van der Waals surface area (Å²) >= 11 is 0. The first-order valence-corrected chi connectivity index (χ1v) is 7.99. The van der Waals surface area contributed by atoms with Crippen molar-refractivity contribution in [1.82, 2.24) is 0 Å². The van der Waals surface area contributed by atoms with Crippen molar-refractivity contribution in [3.05, 3.63) is 35.9 Å². The zero-order chi connectivity index (χ0) is 17.1. The van der Waals surface area contributed by atoms with Crippen molar-refractivity contribution >= 4 is 11.8 Å². The van der Waals surface area contributed by atoms with Crippen LogP contribution < -0.4 is 0 Å². The van der Waals surface area contributed by atoms with Crippen molar-refractivity contribution < 1.29 is 24.2 Å². The SMILES string of the molecule is CCCC[C@H](OCc1ccccc1)[C@@H](O)CC(=O)CC(=O)OC. The Morgan fingerprint density at radius 3 is 2.52 bits per heavy atom. The summed E-state index contributed by atoms with van der Waals surface area (Å²) in [5.41, 5.74) is 1.02. The van der Waals surface area contributed by atoms with Crippen molar-refractivity contribution in [2.75, 3.05) is 7.11 Å². The highest BCUT2D eigenvalue weighted by Gasteiger charge is 2.23. The maximum Gasteiger partial charge on any atom is 0.313 e. The molecule has 0 radical (unpaired) electrons. The molecule has 2 atom stereocenters. The van der Waals surface area contributed by atoms with Crippen molar-refractivity contribution in [1.29, 1.82) is 0 Å². The van der Waals surface area contributed by atoms with Crippen molar-refractivity contribution in [2.24, 2.45) is 0 Å². The van der Waals surface area contributed by atoms with E-state index >= 15 is 0 Å². The van der Waals surface area contributed by atoms with E-state index in [9.17, 15) is 14.7 Å². The number of Topliss-reactive ketones (excluding diaryl/α,β-unsaturated/α-hetero) is 1. The van der Waals surface area contributed by atoms with E-state index in [1.54, 1.807) is 0 Å². The van der Waals surface area contributed by atoms with Gasteiger partial charge in [-0.1, -0.05) is 50.1 Å². The number of rotatable bonds is 11. The molecule has 0 aliphatic heterocycles. The van der Waals surface area contributed by atoms with Crippen LogP contribution in [0.2, 0.25) is 0 Å². The number of esters is 1. The van der Waals surface area contributed by atoms with Crippen LogP contribution in [0.4, 0.5) is 0 Å². The van der Waals surface area contributed by atoms with E-state index in [0.717, 1.165) is 18.4 Å². The quantitative estimate of drug-likeness (QED) is 0.501. The van der Waals surface area contributed by atoms with Gasteiger partial charge >= 0.3 is 5.97 Å². The van der Waals surface area contributed by atoms with Gasteiger partial charge in [-0.05, 0) is 12.0 Å². The Balaban J connectivity index is 2.54. The molecule has 0 aromatic heterocycles. The maximum absolute atomic E-state index is 11.8. The normalized spacial score (nSPS) is 13.3. The smallest absolute Gasteiger partial charge is 0.313 e. The Labute approximate surface area is 137 Å². The van der Waals surface area contributed by atoms with Crippen LogP contribution in [-0.2, 0) is 25.7 Å². The predicted molar refractivity (Wildman–Crippen MR) is 86.8 cm³/mol. The van der Waals surface area contributed by atoms with Gasteiger partial charge in [-0.3, -0.25) is 9.59 Å². The Kier molecular flexibility index (Phi) is 9.17. The Hall–Kier alpha value is -1.72. The molecular weight excluding hydrogens is 296 g/mol. The highest BCUT2D eigenvalue weighted by atomic mass is 16.5. The van der Waals surface area contributed by atoms with Crippen LogP contribution in [0.5, 0.6) is 0 Å². The summed E-state index contributed by atoms with van der Waals surface area (Å²) < 4.78 is 10.3. The van der Waals surface area contributed by atoms with E-state index in [-0.39, 0.29) is 18.6 Å². The van der Waals surface area contributed by atoms with Crippen LogP contribution in [0.15, 0.2) is 30.3 Å². The first kappa shape index (κ1) is 19.3. The van der Waals surface area contributed by atoms with Gasteiger partial charge in [0.1, 0.15) is 12.2 Å². The van der Waals surface area contributed by atoms with E-state index in [0.29, 0.717) is 13.0 Å². The first-order valence-electron chi connectivity index (χ1n) is 7.99. The lowest BCUT2D eigenvalue weighted by molar-refractivity contribution is -0.144. The molecule has 0 saturated heterocycles. The number of aliphatic hydroxyl groups is 1. The molecule has 0 spiro atoms. The number of carbonyl (C=O) groups excluding carboxylic acids is 2. The van der Waals surface area contributed by atoms with Gasteiger partial charge in [0.15, 0.2) is 0 Å². The number of benzene rings is 1. The fourth-order valence-corrected chi connectivity index (χ4v) is 2.24. The number of unbranched alkanes of at least 4 members (excludes halogenated alkanes) is 1. The molecule has 1 rings (SSSR count). The Morgan fingerprint density at radius 2 is 1.91 bits per heavy atom. The lowest BCUT2D eigenvalue weighted by Gasteiger charge is -2.23. The average molecular weight is 322 g/mol. The van der Waals surface area contributed by atoms with Gasteiger partial charge in [0.2, 0.25) is 0 Å². The molecule has 5 heteroatoms. The van der Waals surface area contributed by atoms with Crippen LogP contribution in [0.1, 0.15) is 44.6 Å². The lowest BCUT2D eigenvalue weighted by atomic mass is 10.0. The van der Waals surface area contributed by atoms with Gasteiger partial charge in [0.05, 0.1) is 25.9 Å². The molecule has 0 unspecified atom stereocenters. The van der Waals surface area contributed by atoms with Crippen LogP contribution >= 0.6 is 0 Å². The molecule has 23 heavy (non-hydrogen) atoms. The van der Waals surface area contributed by atoms with Gasteiger partial charge in [0.25, 0.3) is 0 Å². The number of hydrogen-bond acceptors (Lipinski definition) is 5. The monoisotopic (exact) mass is 322 g/mol. The van der Waals surface area contributed by atoms with Gasteiger partial charge in [-0.15, -0.1) is 0 Å². The van der Waals surface area contributed by atoms with Crippen LogP contribution in [0.25, 0.3) is 0 Å². The molecule has 1 aromatic rings. The molecule has 0 bridgehead atoms. The summed E-state index contributed by atoms with van der Waals surface area (Å²) in [6, 6.07) is 9.68. The number of methoxy groups -OCH3 is 1. The maximum atomic E-state index is 11.8. The minimum atomic E-state index is -0.914. The molecule has 128 valence electrons. The molecule has 0 amide bonds. The first-order chi connectivity index (χ1) is 11.1. The number of ether oxygens (including phenoxy) is 2. The molecule has 0 saturated carbocycles. The van der Waals surface area contributed by atoms with E-state index in [1.165, 1.54) is 7.11 Å². The number of ketones is 1. The van der Waals surface area contributed by atoms with Crippen molar-refractivity contribution in [3.63, 3.8) is 0 Å². The van der Waals surface area contributed by atoms with E-state index < -0.39 is 18.2 Å². The lowest BCUT2D eigenvalue weighted by Crippen LogP contribution is -2.31. The molecule has 0 heterocycles. The summed E-state index contributed by atoms with van der Waals surface area (Å²) in [6.07, 6.45) is 0.815. The van der Waals surface area contributed by atoms with Gasteiger partial charge < -0.3 is 14.6 Å². The third-order valence-corrected chi connectivity index (χ3v) is 3.58. The third-order valence-electron chi connectivity index (χ3n) is 3.58. The summed E-state index contributed by atoms with van der Waals surface area (Å²) in [5.74, 6) is -0.924. The highest BCUT2D eigenvalue weighted by Crippen LogP contribution is 2.15. The van der Waals surface area contributed by atoms with Crippen molar-refractivity contribution in [3.8, 4) is 0 Å². The van der Waals surface area contributed by atoms with E-state index in [4.69, 9.17) is 4.74 Å². The second-order valence-electron chi connectivity index (χ2n) is 5.54. The second kappa shape index (κ2) is 10.9. The number of aliphatic hydroxyl groups excluding tert-OH is 1. The average Bonchev–Trinajstić information content (AvgIpc) is 2.55. The molecule has 0 aliphatic rings. The zero-order valence-corrected chi connectivity index (χ0v) is 13.9. The topological polar surface area (TPSA) is 72.8 Å². The largest absolute Gasteiger partial charge is 0.469 e. The van der Waals surface area contributed by atoms with E-state index in [1.807, 2.05) is 30.3 Å². The van der Waals surface area contributed by atoms with Crippen LogP contribution in [-0.4, -0.2) is 36.2 Å². The molecular formula is C18H26O5. The summed E-state index contributed by atoms with van der Waals surface area (Å²) in [6.45, 7) is 2.44. The van der Waals surface area contributed by atoms with Gasteiger partial charge in [0, 0.05) is 6.42 Å². The van der Waals surface area contributed by atoms with Crippen molar-refractivity contribution in [2.45, 2.75) is 57.8 Å². The fourth-order valence-electron chi connectivity index (χ4n) is 2.24. The molecule has 5 nitrogen and oxygen atoms in total. The zero-order valence-electron chi connectivity index (χ0n) is 13.9. The second-order valence-corrected chi connectivity index (χ2v) is 5.54. The third kappa shape index (κ3) is 7.90. The summed E-state index contributed by atoms with van der Waals surface area (Å²) in [7, 11) is 1.24.